The lowest BCUT2D eigenvalue weighted by Gasteiger charge is -2.25. The Kier molecular flexibility index (Phi) is 5.41. The maximum Gasteiger partial charge on any atom is 0.340 e. The zero-order chi connectivity index (χ0) is 15.2. The number of ether oxygens (including phenoxy) is 1. The molecule has 6 nitrogen and oxygen atoms in total. The Bertz CT molecular complexity index is 493. The van der Waals surface area contributed by atoms with Gasteiger partial charge in [-0.15, -0.1) is 0 Å². The molecular formula is C15H23N3O3. The lowest BCUT2D eigenvalue weighted by molar-refractivity contribution is 0.0601. The maximum absolute atomic E-state index is 11.9. The van der Waals surface area contributed by atoms with Crippen LogP contribution in [-0.4, -0.2) is 62.4 Å². The Labute approximate surface area is 125 Å². The molecule has 1 saturated heterocycles. The van der Waals surface area contributed by atoms with Gasteiger partial charge in [-0.1, -0.05) is 0 Å². The fraction of sp³-hybridized carbons (Fsp3) is 0.533. The highest BCUT2D eigenvalue weighted by atomic mass is 16.5. The van der Waals surface area contributed by atoms with Gasteiger partial charge in [-0.05, 0) is 31.2 Å². The standard InChI is InChI=1S/C15H23N3O3/c1-21-15(20)13-11-12(16)3-4-14(13)18-6-2-5-17(7-8-18)9-10-19/h3-4,11,19H,2,5-10,16H2,1H3. The molecule has 0 atom stereocenters. The van der Waals surface area contributed by atoms with Crippen LogP contribution in [0.4, 0.5) is 11.4 Å². The minimum atomic E-state index is -0.367. The van der Waals surface area contributed by atoms with Crippen molar-refractivity contribution in [2.75, 3.05) is 57.1 Å². The van der Waals surface area contributed by atoms with E-state index in [-0.39, 0.29) is 12.6 Å². The van der Waals surface area contributed by atoms with E-state index in [0.29, 0.717) is 17.8 Å². The number of carbonyl (C=O) groups excluding carboxylic acids is 1. The molecular weight excluding hydrogens is 270 g/mol. The normalized spacial score (nSPS) is 16.6. The summed E-state index contributed by atoms with van der Waals surface area (Å²) in [5.74, 6) is -0.367. The summed E-state index contributed by atoms with van der Waals surface area (Å²) in [4.78, 5) is 16.3. The van der Waals surface area contributed by atoms with Gasteiger partial charge in [-0.2, -0.15) is 0 Å². The molecule has 1 heterocycles. The number of nitrogens with zero attached hydrogens (tertiary/aromatic N) is 2. The Balaban J connectivity index is 2.19. The summed E-state index contributed by atoms with van der Waals surface area (Å²) in [6.07, 6.45) is 0.991. The molecule has 0 spiro atoms. The fourth-order valence-corrected chi connectivity index (χ4v) is 2.68. The predicted octanol–water partition coefficient (Wildman–Crippen LogP) is 0.560. The first kappa shape index (κ1) is 15.6. The second-order valence-electron chi connectivity index (χ2n) is 5.17. The first-order valence-electron chi connectivity index (χ1n) is 7.21. The summed E-state index contributed by atoms with van der Waals surface area (Å²) < 4.78 is 4.85. The van der Waals surface area contributed by atoms with Crippen LogP contribution in [-0.2, 0) is 4.74 Å². The van der Waals surface area contributed by atoms with Crippen molar-refractivity contribution in [2.45, 2.75) is 6.42 Å². The number of rotatable bonds is 4. The van der Waals surface area contributed by atoms with Crippen LogP contribution in [0.5, 0.6) is 0 Å². The molecule has 21 heavy (non-hydrogen) atoms. The number of aliphatic hydroxyl groups is 1. The lowest BCUT2D eigenvalue weighted by Crippen LogP contribution is -2.33. The van der Waals surface area contributed by atoms with Gasteiger partial charge in [0, 0.05) is 31.9 Å². The van der Waals surface area contributed by atoms with Crippen molar-refractivity contribution >= 4 is 17.3 Å². The summed E-state index contributed by atoms with van der Waals surface area (Å²) >= 11 is 0. The van der Waals surface area contributed by atoms with Crippen molar-refractivity contribution in [3.05, 3.63) is 23.8 Å². The first-order valence-corrected chi connectivity index (χ1v) is 7.21. The molecule has 2 rings (SSSR count). The Morgan fingerprint density at radius 2 is 2.14 bits per heavy atom. The Morgan fingerprint density at radius 3 is 2.86 bits per heavy atom. The van der Waals surface area contributed by atoms with Crippen LogP contribution in [0.15, 0.2) is 18.2 Å². The number of hydrogen-bond acceptors (Lipinski definition) is 6. The minimum absolute atomic E-state index is 0.176. The van der Waals surface area contributed by atoms with Crippen LogP contribution in [0.2, 0.25) is 0 Å². The topological polar surface area (TPSA) is 79.0 Å². The minimum Gasteiger partial charge on any atom is -0.465 e. The van der Waals surface area contributed by atoms with Gasteiger partial charge in [0.15, 0.2) is 0 Å². The van der Waals surface area contributed by atoms with Crippen molar-refractivity contribution < 1.29 is 14.6 Å². The largest absolute Gasteiger partial charge is 0.465 e. The molecule has 0 amide bonds. The predicted molar refractivity (Wildman–Crippen MR) is 82.5 cm³/mol. The van der Waals surface area contributed by atoms with Gasteiger partial charge >= 0.3 is 5.97 Å². The molecule has 3 N–H and O–H groups in total. The van der Waals surface area contributed by atoms with Gasteiger partial charge < -0.3 is 20.5 Å². The molecule has 1 aliphatic rings. The summed E-state index contributed by atoms with van der Waals surface area (Å²) in [7, 11) is 1.38. The summed E-state index contributed by atoms with van der Waals surface area (Å²) in [5, 5.41) is 9.04. The van der Waals surface area contributed by atoms with E-state index in [9.17, 15) is 4.79 Å². The zero-order valence-corrected chi connectivity index (χ0v) is 12.4. The van der Waals surface area contributed by atoms with E-state index in [1.165, 1.54) is 7.11 Å². The highest BCUT2D eigenvalue weighted by Gasteiger charge is 2.20. The van der Waals surface area contributed by atoms with Crippen molar-refractivity contribution in [2.24, 2.45) is 0 Å². The molecule has 0 saturated carbocycles. The van der Waals surface area contributed by atoms with Gasteiger partial charge in [0.1, 0.15) is 0 Å². The average molecular weight is 293 g/mol. The summed E-state index contributed by atoms with van der Waals surface area (Å²) in [6.45, 7) is 4.38. The third kappa shape index (κ3) is 3.86. The number of benzene rings is 1. The molecule has 0 bridgehead atoms. The highest BCUT2D eigenvalue weighted by Crippen LogP contribution is 2.25. The smallest absolute Gasteiger partial charge is 0.340 e. The lowest BCUT2D eigenvalue weighted by atomic mass is 10.1. The Hall–Kier alpha value is -1.79. The van der Waals surface area contributed by atoms with E-state index in [1.807, 2.05) is 6.07 Å². The van der Waals surface area contributed by atoms with E-state index in [1.54, 1.807) is 12.1 Å². The third-order valence-corrected chi connectivity index (χ3v) is 3.77. The van der Waals surface area contributed by atoms with E-state index >= 15 is 0 Å². The van der Waals surface area contributed by atoms with Gasteiger partial charge in [0.2, 0.25) is 0 Å². The van der Waals surface area contributed by atoms with E-state index in [2.05, 4.69) is 9.80 Å². The molecule has 116 valence electrons. The SMILES string of the molecule is COC(=O)c1cc(N)ccc1N1CCCN(CCO)CC1. The Morgan fingerprint density at radius 1 is 1.33 bits per heavy atom. The third-order valence-electron chi connectivity index (χ3n) is 3.77. The van der Waals surface area contributed by atoms with Gasteiger partial charge in [0.05, 0.1) is 25.0 Å². The molecule has 1 aromatic carbocycles. The van der Waals surface area contributed by atoms with Crippen LogP contribution < -0.4 is 10.6 Å². The van der Waals surface area contributed by atoms with E-state index in [0.717, 1.165) is 38.3 Å². The highest BCUT2D eigenvalue weighted by molar-refractivity contribution is 5.97. The average Bonchev–Trinajstić information content (AvgIpc) is 2.72. The number of anilines is 2. The van der Waals surface area contributed by atoms with Crippen molar-refractivity contribution in [3.63, 3.8) is 0 Å². The molecule has 1 aromatic rings. The van der Waals surface area contributed by atoms with Crippen LogP contribution >= 0.6 is 0 Å². The molecule has 1 aliphatic heterocycles. The van der Waals surface area contributed by atoms with E-state index in [4.69, 9.17) is 15.6 Å². The number of nitrogens with two attached hydrogens (primary N) is 1. The van der Waals surface area contributed by atoms with Crippen LogP contribution in [0.25, 0.3) is 0 Å². The van der Waals surface area contributed by atoms with Gasteiger partial charge in [-0.3, -0.25) is 4.90 Å². The van der Waals surface area contributed by atoms with Crippen LogP contribution in [0.3, 0.4) is 0 Å². The molecule has 0 aromatic heterocycles. The number of nitrogen functional groups attached to an aromatic ring is 1. The zero-order valence-electron chi connectivity index (χ0n) is 12.4. The summed E-state index contributed by atoms with van der Waals surface area (Å²) in [5.41, 5.74) is 7.70. The van der Waals surface area contributed by atoms with Crippen molar-refractivity contribution in [3.8, 4) is 0 Å². The monoisotopic (exact) mass is 293 g/mol. The van der Waals surface area contributed by atoms with Crippen molar-refractivity contribution in [1.82, 2.24) is 4.90 Å². The van der Waals surface area contributed by atoms with Gasteiger partial charge in [-0.25, -0.2) is 4.79 Å². The maximum atomic E-state index is 11.9. The number of aliphatic hydroxyl groups excluding tert-OH is 1. The number of hydrogen-bond donors (Lipinski definition) is 2. The first-order chi connectivity index (χ1) is 10.2. The van der Waals surface area contributed by atoms with Gasteiger partial charge in [0.25, 0.3) is 0 Å². The van der Waals surface area contributed by atoms with E-state index < -0.39 is 0 Å². The number of esters is 1. The molecule has 0 radical (unpaired) electrons. The fourth-order valence-electron chi connectivity index (χ4n) is 2.68. The van der Waals surface area contributed by atoms with Crippen LogP contribution in [0, 0.1) is 0 Å². The number of methoxy groups -OCH3 is 1. The molecule has 6 heteroatoms. The molecule has 0 unspecified atom stereocenters. The quantitative estimate of drug-likeness (QED) is 0.624. The van der Waals surface area contributed by atoms with Crippen molar-refractivity contribution in [1.29, 1.82) is 0 Å². The number of β-amino-alcohol motifs (C(OH)–C–C–N with tert-alkyl or cyclic N) is 1. The van der Waals surface area contributed by atoms with Crippen LogP contribution in [0.1, 0.15) is 16.8 Å². The second kappa shape index (κ2) is 7.28. The summed E-state index contributed by atoms with van der Waals surface area (Å²) in [6, 6.07) is 5.35. The molecule has 1 fully saturated rings. The number of carbonyl (C=O) groups is 1. The molecule has 0 aliphatic carbocycles. The second-order valence-corrected chi connectivity index (χ2v) is 5.17.